The molecule has 2 aromatic carbocycles. The van der Waals surface area contributed by atoms with Crippen molar-refractivity contribution in [2.75, 3.05) is 5.75 Å². The average molecular weight is 567 g/mol. The van der Waals surface area contributed by atoms with E-state index in [1.165, 1.54) is 12.1 Å². The number of pyridine rings is 2. The molecule has 4 aromatic rings. The van der Waals surface area contributed by atoms with Crippen molar-refractivity contribution in [3.05, 3.63) is 105 Å². The van der Waals surface area contributed by atoms with Crippen molar-refractivity contribution in [1.29, 1.82) is 0 Å². The average Bonchev–Trinajstić information content (AvgIpc) is 3.02. The molecule has 39 heavy (non-hydrogen) atoms. The minimum absolute atomic E-state index is 0. The molecule has 2 heterocycles. The number of benzene rings is 2. The van der Waals surface area contributed by atoms with E-state index in [-0.39, 0.29) is 46.3 Å². The fourth-order valence-corrected chi connectivity index (χ4v) is 6.18. The van der Waals surface area contributed by atoms with Crippen molar-refractivity contribution in [1.82, 2.24) is 9.97 Å². The van der Waals surface area contributed by atoms with Gasteiger partial charge in [-0.3, -0.25) is 4.98 Å². The molecule has 0 saturated heterocycles. The van der Waals surface area contributed by atoms with Gasteiger partial charge in [0.1, 0.15) is 5.82 Å². The van der Waals surface area contributed by atoms with Crippen molar-refractivity contribution in [3.8, 4) is 0 Å². The number of aromatic nitrogens is 2. The first-order valence-electron chi connectivity index (χ1n) is 12.2. The van der Waals surface area contributed by atoms with Crippen LogP contribution in [0.2, 0.25) is 5.02 Å². The number of fused-ring (bicyclic) bond motifs is 3. The maximum absolute atomic E-state index is 13.8. The smallest absolute Gasteiger partial charge is 0.550 e. The summed E-state index contributed by atoms with van der Waals surface area (Å²) in [7, 11) is 0. The van der Waals surface area contributed by atoms with Crippen LogP contribution in [0.15, 0.2) is 60.8 Å². The van der Waals surface area contributed by atoms with Crippen molar-refractivity contribution in [2.45, 2.75) is 25.5 Å². The minimum Gasteiger partial charge on any atom is -0.550 e. The molecule has 1 aliphatic carbocycles. The van der Waals surface area contributed by atoms with E-state index in [1.54, 1.807) is 18.0 Å². The molecular weight excluding hydrogens is 542 g/mol. The van der Waals surface area contributed by atoms with Gasteiger partial charge in [-0.05, 0) is 82.3 Å². The molecule has 0 spiro atoms. The van der Waals surface area contributed by atoms with Crippen molar-refractivity contribution in [2.24, 2.45) is 5.41 Å². The Morgan fingerprint density at radius 1 is 1.10 bits per heavy atom. The fraction of sp³-hybridized carbons (Fsp3) is 0.194. The molecule has 1 atom stereocenters. The third-order valence-electron chi connectivity index (χ3n) is 6.43. The summed E-state index contributed by atoms with van der Waals surface area (Å²) in [6.07, 6.45) is 9.81. The second-order valence-electron chi connectivity index (χ2n) is 10.1. The largest absolute Gasteiger partial charge is 1.00 e. The number of carboxylic acids is 1. The van der Waals surface area contributed by atoms with Gasteiger partial charge in [0.2, 0.25) is 0 Å². The van der Waals surface area contributed by atoms with E-state index >= 15 is 0 Å². The van der Waals surface area contributed by atoms with Crippen LogP contribution in [-0.4, -0.2) is 21.7 Å². The molecular formula is C31H25ClFN2NaO2S. The summed E-state index contributed by atoms with van der Waals surface area (Å²) in [5.74, 6) is -0.859. The molecule has 1 unspecified atom stereocenters. The van der Waals surface area contributed by atoms with Gasteiger partial charge in [-0.1, -0.05) is 61.9 Å². The van der Waals surface area contributed by atoms with E-state index in [9.17, 15) is 14.3 Å². The van der Waals surface area contributed by atoms with Crippen LogP contribution < -0.4 is 34.7 Å². The van der Waals surface area contributed by atoms with Crippen molar-refractivity contribution < 1.29 is 43.8 Å². The van der Waals surface area contributed by atoms with Crippen LogP contribution >= 0.6 is 23.4 Å². The number of carboxylic acid groups (broad SMARTS) is 1. The molecule has 0 saturated carbocycles. The summed E-state index contributed by atoms with van der Waals surface area (Å²) in [4.78, 5) is 20.5. The van der Waals surface area contributed by atoms with Gasteiger partial charge in [0.25, 0.3) is 0 Å². The van der Waals surface area contributed by atoms with Crippen LogP contribution in [0.5, 0.6) is 0 Å². The second kappa shape index (κ2) is 12.4. The molecule has 0 radical (unpaired) electrons. The molecule has 2 aromatic heterocycles. The molecule has 8 heteroatoms. The van der Waals surface area contributed by atoms with E-state index < -0.39 is 17.2 Å². The van der Waals surface area contributed by atoms with Gasteiger partial charge in [0.15, 0.2) is 0 Å². The molecule has 4 nitrogen and oxygen atoms in total. The Hall–Kier alpha value is -2.48. The van der Waals surface area contributed by atoms with E-state index in [0.29, 0.717) is 16.7 Å². The Bertz CT molecular complexity index is 1610. The fourth-order valence-electron chi connectivity index (χ4n) is 4.54. The number of rotatable bonds is 7. The molecule has 0 amide bonds. The van der Waals surface area contributed by atoms with Crippen LogP contribution in [0.25, 0.3) is 35.2 Å². The Labute approximate surface area is 258 Å². The standard InChI is InChI=1S/C31H26ClFN2O2S.Na/c1-31(2,17-29(36)37)18-38-30-23-4-3-13-34-27(23)12-9-20-7-5-19(14-24(20)30)6-10-22-11-8-21-15-26(33)25(32)16-28(21)35-22;/h3-16,30H,17-18H2,1-2H3,(H,36,37);/q;+1/p-1/b10-6+;. The SMILES string of the molecule is CC(C)(CSC1c2cc(/C=C/c3ccc4cc(F)c(Cl)cc4n3)ccc2C=Cc2ncccc21)CC(=O)[O-].[Na+]. The first-order chi connectivity index (χ1) is 18.2. The van der Waals surface area contributed by atoms with Crippen LogP contribution in [0, 0.1) is 11.2 Å². The van der Waals surface area contributed by atoms with E-state index in [0.717, 1.165) is 33.6 Å². The van der Waals surface area contributed by atoms with Gasteiger partial charge >= 0.3 is 29.6 Å². The van der Waals surface area contributed by atoms with E-state index in [4.69, 9.17) is 11.6 Å². The first-order valence-corrected chi connectivity index (χ1v) is 13.6. The van der Waals surface area contributed by atoms with Gasteiger partial charge in [-0.2, -0.15) is 0 Å². The van der Waals surface area contributed by atoms with E-state index in [2.05, 4.69) is 40.3 Å². The van der Waals surface area contributed by atoms with Gasteiger partial charge in [0.05, 0.1) is 27.2 Å². The van der Waals surface area contributed by atoms with E-state index in [1.807, 2.05) is 50.3 Å². The number of carbonyl (C=O) groups is 1. The number of thioether (sulfide) groups is 1. The van der Waals surface area contributed by atoms with Gasteiger partial charge < -0.3 is 9.90 Å². The molecule has 0 N–H and O–H groups in total. The van der Waals surface area contributed by atoms with Gasteiger partial charge in [0, 0.05) is 17.6 Å². The monoisotopic (exact) mass is 566 g/mol. The first kappa shape index (κ1) is 29.5. The molecule has 1 aliphatic rings. The van der Waals surface area contributed by atoms with Crippen LogP contribution in [0.1, 0.15) is 59.2 Å². The Kier molecular flexibility index (Phi) is 9.35. The molecule has 192 valence electrons. The maximum Gasteiger partial charge on any atom is 1.00 e. The number of aliphatic carboxylic acids is 1. The summed E-state index contributed by atoms with van der Waals surface area (Å²) in [6.45, 7) is 3.90. The summed E-state index contributed by atoms with van der Waals surface area (Å²) < 4.78 is 13.8. The predicted molar refractivity (Wildman–Crippen MR) is 153 cm³/mol. The number of carbonyl (C=O) groups excluding carboxylic acids is 1. The topological polar surface area (TPSA) is 65.9 Å². The van der Waals surface area contributed by atoms with Gasteiger partial charge in [-0.15, -0.1) is 11.8 Å². The summed E-state index contributed by atoms with van der Waals surface area (Å²) in [6, 6.07) is 16.9. The third-order valence-corrected chi connectivity index (χ3v) is 8.51. The maximum atomic E-state index is 13.8. The second-order valence-corrected chi connectivity index (χ2v) is 11.6. The van der Waals surface area contributed by atoms with Gasteiger partial charge in [-0.25, -0.2) is 9.37 Å². The Balaban J connectivity index is 0.00000353. The summed E-state index contributed by atoms with van der Waals surface area (Å²) in [5, 5.41) is 12.0. The zero-order valence-electron chi connectivity index (χ0n) is 21.9. The van der Waals surface area contributed by atoms with Crippen LogP contribution in [0.4, 0.5) is 4.39 Å². The predicted octanol–water partition coefficient (Wildman–Crippen LogP) is 4.07. The molecule has 0 bridgehead atoms. The number of halogens is 2. The number of hydrogen-bond acceptors (Lipinski definition) is 5. The summed E-state index contributed by atoms with van der Waals surface area (Å²) in [5.41, 5.74) is 6.18. The van der Waals surface area contributed by atoms with Crippen molar-refractivity contribution in [3.63, 3.8) is 0 Å². The molecule has 0 aliphatic heterocycles. The molecule has 0 fully saturated rings. The Morgan fingerprint density at radius 3 is 2.72 bits per heavy atom. The van der Waals surface area contributed by atoms with Crippen LogP contribution in [-0.2, 0) is 4.79 Å². The quantitative estimate of drug-likeness (QED) is 0.316. The minimum atomic E-state index is -1.04. The third kappa shape index (κ3) is 7.00. The number of hydrogen-bond donors (Lipinski definition) is 0. The summed E-state index contributed by atoms with van der Waals surface area (Å²) >= 11 is 7.67. The van der Waals surface area contributed by atoms with Crippen LogP contribution in [0.3, 0.4) is 0 Å². The Morgan fingerprint density at radius 2 is 1.92 bits per heavy atom. The zero-order valence-corrected chi connectivity index (χ0v) is 25.5. The number of nitrogens with zero attached hydrogens (tertiary/aromatic N) is 2. The van der Waals surface area contributed by atoms with Crippen molar-refractivity contribution >= 4 is 64.5 Å². The normalized spacial score (nSPS) is 14.5. The zero-order chi connectivity index (χ0) is 26.9. The molecule has 5 rings (SSSR count).